The third kappa shape index (κ3) is 1.92. The molecule has 3 N–H and O–H groups in total. The summed E-state index contributed by atoms with van der Waals surface area (Å²) in [5.41, 5.74) is 9.34. The Morgan fingerprint density at radius 1 is 1.50 bits per heavy atom. The van der Waals surface area contributed by atoms with E-state index in [9.17, 15) is 10.1 Å². The zero-order valence-corrected chi connectivity index (χ0v) is 10.2. The maximum Gasteiger partial charge on any atom is 0.269 e. The number of aryl methyl sites for hydroxylation is 1. The number of H-pyrrole nitrogens is 1. The highest BCUT2D eigenvalue weighted by atomic mass is 16.6. The Hall–Kier alpha value is -2.37. The van der Waals surface area contributed by atoms with Crippen LogP contribution < -0.4 is 5.73 Å². The number of nitro groups is 1. The van der Waals surface area contributed by atoms with E-state index < -0.39 is 4.92 Å². The number of aromatic nitrogens is 2. The molecule has 0 saturated heterocycles. The maximum atomic E-state index is 10.7. The highest BCUT2D eigenvalue weighted by Crippen LogP contribution is 2.30. The molecule has 1 heterocycles. The van der Waals surface area contributed by atoms with Crippen LogP contribution in [0.15, 0.2) is 18.2 Å². The average Bonchev–Trinajstić information content (AvgIpc) is 2.70. The van der Waals surface area contributed by atoms with Gasteiger partial charge in [0, 0.05) is 23.3 Å². The van der Waals surface area contributed by atoms with Gasteiger partial charge in [0.15, 0.2) is 0 Å². The van der Waals surface area contributed by atoms with Gasteiger partial charge in [0.25, 0.3) is 5.69 Å². The normalized spacial score (nSPS) is 10.6. The predicted molar refractivity (Wildman–Crippen MR) is 69.2 cm³/mol. The number of aromatic amines is 1. The number of nitrogens with one attached hydrogen (secondary N) is 1. The van der Waals surface area contributed by atoms with Gasteiger partial charge in [0.1, 0.15) is 5.82 Å². The summed E-state index contributed by atoms with van der Waals surface area (Å²) >= 11 is 0. The molecule has 0 amide bonds. The lowest BCUT2D eigenvalue weighted by Crippen LogP contribution is -1.94. The molecule has 1 aromatic carbocycles. The molecule has 0 spiro atoms. The van der Waals surface area contributed by atoms with Crippen molar-refractivity contribution in [1.29, 1.82) is 0 Å². The molecule has 0 unspecified atom stereocenters. The fourth-order valence-electron chi connectivity index (χ4n) is 2.00. The highest BCUT2D eigenvalue weighted by molar-refractivity contribution is 5.71. The molecule has 0 atom stereocenters. The van der Waals surface area contributed by atoms with Crippen LogP contribution in [0, 0.1) is 17.0 Å². The highest BCUT2D eigenvalue weighted by Gasteiger charge is 2.15. The maximum absolute atomic E-state index is 10.7. The zero-order valence-electron chi connectivity index (χ0n) is 10.2. The van der Waals surface area contributed by atoms with Gasteiger partial charge in [-0.3, -0.25) is 15.2 Å². The molecule has 0 bridgehead atoms. The summed E-state index contributed by atoms with van der Waals surface area (Å²) in [7, 11) is 0. The second kappa shape index (κ2) is 4.48. The SMILES string of the molecule is CCc1c(N)n[nH]c1-c1ccc([N+](=O)[O-])cc1C. The summed E-state index contributed by atoms with van der Waals surface area (Å²) in [5, 5.41) is 17.6. The lowest BCUT2D eigenvalue weighted by Gasteiger charge is -2.05. The van der Waals surface area contributed by atoms with E-state index in [1.165, 1.54) is 6.07 Å². The van der Waals surface area contributed by atoms with Gasteiger partial charge in [-0.2, -0.15) is 5.10 Å². The molecule has 0 radical (unpaired) electrons. The van der Waals surface area contributed by atoms with E-state index in [1.54, 1.807) is 12.1 Å². The third-order valence-corrected chi connectivity index (χ3v) is 2.94. The lowest BCUT2D eigenvalue weighted by molar-refractivity contribution is -0.384. The van der Waals surface area contributed by atoms with Gasteiger partial charge in [-0.25, -0.2) is 0 Å². The van der Waals surface area contributed by atoms with E-state index in [-0.39, 0.29) is 5.69 Å². The zero-order chi connectivity index (χ0) is 13.3. The first-order valence-corrected chi connectivity index (χ1v) is 5.62. The topological polar surface area (TPSA) is 97.8 Å². The second-order valence-electron chi connectivity index (χ2n) is 4.07. The Morgan fingerprint density at radius 3 is 2.78 bits per heavy atom. The predicted octanol–water partition coefficient (Wildman–Crippen LogP) is 2.44. The quantitative estimate of drug-likeness (QED) is 0.641. The van der Waals surface area contributed by atoms with E-state index in [4.69, 9.17) is 5.73 Å². The van der Waals surface area contributed by atoms with Crippen LogP contribution in [-0.4, -0.2) is 15.1 Å². The minimum Gasteiger partial charge on any atom is -0.382 e. The summed E-state index contributed by atoms with van der Waals surface area (Å²) in [6.07, 6.45) is 0.758. The number of nitrogens with zero attached hydrogens (tertiary/aromatic N) is 2. The van der Waals surface area contributed by atoms with Crippen LogP contribution in [0.4, 0.5) is 11.5 Å². The van der Waals surface area contributed by atoms with E-state index in [0.29, 0.717) is 5.82 Å². The van der Waals surface area contributed by atoms with Crippen molar-refractivity contribution < 1.29 is 4.92 Å². The molecule has 6 heteroatoms. The van der Waals surface area contributed by atoms with Crippen molar-refractivity contribution in [3.63, 3.8) is 0 Å². The molecule has 2 rings (SSSR count). The second-order valence-corrected chi connectivity index (χ2v) is 4.07. The number of non-ortho nitro benzene ring substituents is 1. The molecule has 0 saturated carbocycles. The van der Waals surface area contributed by atoms with Gasteiger partial charge in [-0.05, 0) is 25.0 Å². The van der Waals surface area contributed by atoms with Gasteiger partial charge in [0.05, 0.1) is 10.6 Å². The summed E-state index contributed by atoms with van der Waals surface area (Å²) in [6.45, 7) is 3.82. The molecular formula is C12H14N4O2. The third-order valence-electron chi connectivity index (χ3n) is 2.94. The Balaban J connectivity index is 2.54. The van der Waals surface area contributed by atoms with E-state index in [2.05, 4.69) is 10.2 Å². The van der Waals surface area contributed by atoms with Gasteiger partial charge in [0.2, 0.25) is 0 Å². The van der Waals surface area contributed by atoms with Crippen LogP contribution in [0.25, 0.3) is 11.3 Å². The van der Waals surface area contributed by atoms with E-state index in [0.717, 1.165) is 28.8 Å². The van der Waals surface area contributed by atoms with Crippen molar-refractivity contribution in [2.24, 2.45) is 0 Å². The molecule has 0 aliphatic carbocycles. The number of anilines is 1. The van der Waals surface area contributed by atoms with Gasteiger partial charge < -0.3 is 5.73 Å². The average molecular weight is 246 g/mol. The van der Waals surface area contributed by atoms with E-state index >= 15 is 0 Å². The molecule has 18 heavy (non-hydrogen) atoms. The number of hydrogen-bond acceptors (Lipinski definition) is 4. The molecule has 6 nitrogen and oxygen atoms in total. The van der Waals surface area contributed by atoms with Crippen LogP contribution >= 0.6 is 0 Å². The van der Waals surface area contributed by atoms with Crippen molar-refractivity contribution >= 4 is 11.5 Å². The molecule has 0 aliphatic rings. The number of hydrogen-bond donors (Lipinski definition) is 2. The van der Waals surface area contributed by atoms with Gasteiger partial charge in [-0.15, -0.1) is 0 Å². The first-order valence-electron chi connectivity index (χ1n) is 5.62. The smallest absolute Gasteiger partial charge is 0.269 e. The fraction of sp³-hybridized carbons (Fsp3) is 0.250. The number of rotatable bonds is 3. The molecule has 94 valence electrons. The summed E-state index contributed by atoms with van der Waals surface area (Å²) in [5.74, 6) is 0.477. The Kier molecular flexibility index (Phi) is 3.01. The standard InChI is InChI=1S/C12H14N4O2/c1-3-9-11(14-15-12(9)13)10-5-4-8(16(17)18)6-7(10)2/h4-6H,3H2,1-2H3,(H3,13,14,15). The van der Waals surface area contributed by atoms with Crippen LogP contribution in [-0.2, 0) is 6.42 Å². The minimum absolute atomic E-state index is 0.0850. The Labute approximate surface area is 104 Å². The molecule has 2 aromatic rings. The molecule has 0 fully saturated rings. The molecule has 0 aliphatic heterocycles. The first-order chi connectivity index (χ1) is 8.54. The van der Waals surface area contributed by atoms with Gasteiger partial charge in [-0.1, -0.05) is 6.92 Å². The van der Waals surface area contributed by atoms with Crippen molar-refractivity contribution in [3.05, 3.63) is 39.4 Å². The summed E-state index contributed by atoms with van der Waals surface area (Å²) in [6, 6.07) is 4.75. The largest absolute Gasteiger partial charge is 0.382 e. The monoisotopic (exact) mass is 246 g/mol. The number of benzene rings is 1. The number of nitrogens with two attached hydrogens (primary N) is 1. The Bertz CT molecular complexity index is 604. The van der Waals surface area contributed by atoms with E-state index in [1.807, 2.05) is 13.8 Å². The first kappa shape index (κ1) is 12.1. The van der Waals surface area contributed by atoms with Crippen LogP contribution in [0.5, 0.6) is 0 Å². The van der Waals surface area contributed by atoms with Crippen molar-refractivity contribution in [2.45, 2.75) is 20.3 Å². The lowest BCUT2D eigenvalue weighted by atomic mass is 10.0. The van der Waals surface area contributed by atoms with Crippen LogP contribution in [0.1, 0.15) is 18.1 Å². The Morgan fingerprint density at radius 2 is 2.22 bits per heavy atom. The minimum atomic E-state index is -0.404. The summed E-state index contributed by atoms with van der Waals surface area (Å²) in [4.78, 5) is 10.3. The summed E-state index contributed by atoms with van der Waals surface area (Å²) < 4.78 is 0. The number of nitrogen functional groups attached to an aromatic ring is 1. The van der Waals surface area contributed by atoms with Crippen LogP contribution in [0.2, 0.25) is 0 Å². The molecular weight excluding hydrogens is 232 g/mol. The van der Waals surface area contributed by atoms with Crippen LogP contribution in [0.3, 0.4) is 0 Å². The molecule has 1 aromatic heterocycles. The van der Waals surface area contributed by atoms with Crippen molar-refractivity contribution in [2.75, 3.05) is 5.73 Å². The fourth-order valence-corrected chi connectivity index (χ4v) is 2.00. The van der Waals surface area contributed by atoms with Crippen molar-refractivity contribution in [3.8, 4) is 11.3 Å². The number of nitro benzene ring substituents is 1. The van der Waals surface area contributed by atoms with Gasteiger partial charge >= 0.3 is 0 Å². The van der Waals surface area contributed by atoms with Crippen molar-refractivity contribution in [1.82, 2.24) is 10.2 Å².